The van der Waals surface area contributed by atoms with Crippen LogP contribution in [-0.2, 0) is 16.1 Å². The molecule has 2 aromatic rings. The number of amides is 2. The molecular weight excluding hydrogens is 432 g/mol. The van der Waals surface area contributed by atoms with Gasteiger partial charge in [0.25, 0.3) is 5.91 Å². The molecule has 7 nitrogen and oxygen atoms in total. The van der Waals surface area contributed by atoms with Gasteiger partial charge in [0.15, 0.2) is 11.5 Å². The predicted octanol–water partition coefficient (Wildman–Crippen LogP) is 3.89. The first-order valence-electron chi connectivity index (χ1n) is 11.0. The Balaban J connectivity index is 1.36. The van der Waals surface area contributed by atoms with Crippen molar-refractivity contribution in [2.24, 2.45) is 0 Å². The van der Waals surface area contributed by atoms with Crippen molar-refractivity contribution in [3.05, 3.63) is 58.6 Å². The van der Waals surface area contributed by atoms with Crippen molar-refractivity contribution >= 4 is 23.4 Å². The van der Waals surface area contributed by atoms with Crippen LogP contribution in [0.3, 0.4) is 0 Å². The van der Waals surface area contributed by atoms with Gasteiger partial charge in [0.2, 0.25) is 12.7 Å². The van der Waals surface area contributed by atoms with Gasteiger partial charge in [-0.05, 0) is 61.6 Å². The van der Waals surface area contributed by atoms with Crippen molar-refractivity contribution in [1.29, 1.82) is 0 Å². The zero-order chi connectivity index (χ0) is 22.1. The van der Waals surface area contributed by atoms with E-state index >= 15 is 0 Å². The Labute approximate surface area is 191 Å². The molecule has 1 spiro atoms. The second-order valence-corrected chi connectivity index (χ2v) is 8.86. The molecule has 0 radical (unpaired) electrons. The van der Waals surface area contributed by atoms with Gasteiger partial charge in [-0.2, -0.15) is 0 Å². The van der Waals surface area contributed by atoms with Crippen molar-refractivity contribution < 1.29 is 23.8 Å². The van der Waals surface area contributed by atoms with Crippen molar-refractivity contribution in [3.8, 4) is 11.5 Å². The van der Waals surface area contributed by atoms with Gasteiger partial charge in [0.1, 0.15) is 11.8 Å². The molecule has 1 saturated heterocycles. The van der Waals surface area contributed by atoms with Gasteiger partial charge in [-0.25, -0.2) is 0 Å². The van der Waals surface area contributed by atoms with Crippen molar-refractivity contribution in [2.45, 2.75) is 50.4 Å². The molecule has 3 aliphatic rings. The van der Waals surface area contributed by atoms with Crippen LogP contribution in [-0.4, -0.2) is 41.9 Å². The van der Waals surface area contributed by atoms with Crippen LogP contribution in [0.2, 0.25) is 5.02 Å². The fourth-order valence-electron chi connectivity index (χ4n) is 4.79. The maximum absolute atomic E-state index is 13.6. The van der Waals surface area contributed by atoms with Crippen molar-refractivity contribution in [2.75, 3.05) is 13.4 Å². The number of fused-ring (bicyclic) bond motifs is 1. The smallest absolute Gasteiger partial charge is 0.256 e. The number of nitrogens with zero attached hydrogens (tertiary/aromatic N) is 1. The maximum Gasteiger partial charge on any atom is 0.256 e. The molecule has 32 heavy (non-hydrogen) atoms. The number of carbonyl (C=O) groups is 2. The average Bonchev–Trinajstić information content (AvgIpc) is 3.42. The average molecular weight is 457 g/mol. The molecule has 2 aliphatic heterocycles. The zero-order valence-electron chi connectivity index (χ0n) is 17.6. The third-order valence-electron chi connectivity index (χ3n) is 6.39. The largest absolute Gasteiger partial charge is 0.454 e. The Bertz CT molecular complexity index is 1040. The van der Waals surface area contributed by atoms with E-state index in [1.807, 2.05) is 18.2 Å². The van der Waals surface area contributed by atoms with Crippen LogP contribution in [0.4, 0.5) is 0 Å². The molecule has 1 N–H and O–H groups in total. The van der Waals surface area contributed by atoms with Gasteiger partial charge in [-0.15, -0.1) is 0 Å². The summed E-state index contributed by atoms with van der Waals surface area (Å²) in [6, 6.07) is 11.7. The number of halogens is 1. The minimum Gasteiger partial charge on any atom is -0.454 e. The van der Waals surface area contributed by atoms with E-state index in [4.69, 9.17) is 25.8 Å². The van der Waals surface area contributed by atoms with E-state index < -0.39 is 11.8 Å². The first-order chi connectivity index (χ1) is 15.6. The number of benzene rings is 2. The van der Waals surface area contributed by atoms with Gasteiger partial charge in [0.05, 0.1) is 6.61 Å². The van der Waals surface area contributed by atoms with Crippen LogP contribution in [0.5, 0.6) is 11.5 Å². The second kappa shape index (κ2) is 8.64. The summed E-state index contributed by atoms with van der Waals surface area (Å²) in [4.78, 5) is 28.5. The first kappa shape index (κ1) is 21.1. The lowest BCUT2D eigenvalue weighted by atomic mass is 9.89. The van der Waals surface area contributed by atoms with Crippen LogP contribution in [0.15, 0.2) is 42.5 Å². The van der Waals surface area contributed by atoms with Gasteiger partial charge in [0, 0.05) is 17.1 Å². The lowest BCUT2D eigenvalue weighted by Gasteiger charge is -2.41. The third kappa shape index (κ3) is 3.91. The zero-order valence-corrected chi connectivity index (χ0v) is 18.4. The summed E-state index contributed by atoms with van der Waals surface area (Å²) in [6.45, 7) is 0.699. The summed E-state index contributed by atoms with van der Waals surface area (Å²) < 4.78 is 16.9. The fraction of sp³-hybridized carbons (Fsp3) is 0.417. The molecule has 0 bridgehead atoms. The van der Waals surface area contributed by atoms with Crippen LogP contribution in [0.25, 0.3) is 0 Å². The number of hydrogen-bond donors (Lipinski definition) is 1. The van der Waals surface area contributed by atoms with Crippen LogP contribution >= 0.6 is 11.6 Å². The third-order valence-corrected chi connectivity index (χ3v) is 6.63. The number of ether oxygens (including phenoxy) is 3. The van der Waals surface area contributed by atoms with Gasteiger partial charge in [-0.1, -0.05) is 30.2 Å². The highest BCUT2D eigenvalue weighted by atomic mass is 35.5. The van der Waals surface area contributed by atoms with Crippen molar-refractivity contribution in [1.82, 2.24) is 10.2 Å². The Morgan fingerprint density at radius 3 is 2.69 bits per heavy atom. The standard InChI is InChI=1S/C24H25ClN2O5/c25-18-6-4-5-17(12-18)23(29)27-19(14-32-24(27)9-2-1-3-10-24)22(28)26-13-16-7-8-20-21(11-16)31-15-30-20/h4-8,11-12,19H,1-3,9-10,13-15H2,(H,26,28). The minimum absolute atomic E-state index is 0.180. The first-order valence-corrected chi connectivity index (χ1v) is 11.3. The normalized spacial score (nSPS) is 21.0. The summed E-state index contributed by atoms with van der Waals surface area (Å²) in [7, 11) is 0. The molecule has 2 amide bonds. The van der Waals surface area contributed by atoms with E-state index in [9.17, 15) is 9.59 Å². The summed E-state index contributed by atoms with van der Waals surface area (Å²) in [5.74, 6) is 0.900. The molecule has 1 unspecified atom stereocenters. The molecule has 1 saturated carbocycles. The SMILES string of the molecule is O=C(NCc1ccc2c(c1)OCO2)C1COC2(CCCCC2)N1C(=O)c1cccc(Cl)c1. The summed E-state index contributed by atoms with van der Waals surface area (Å²) in [6.07, 6.45) is 4.48. The number of carbonyl (C=O) groups excluding carboxylic acids is 2. The maximum atomic E-state index is 13.6. The Morgan fingerprint density at radius 2 is 1.88 bits per heavy atom. The van der Waals surface area contributed by atoms with E-state index in [0.29, 0.717) is 28.6 Å². The second-order valence-electron chi connectivity index (χ2n) is 8.42. The minimum atomic E-state index is -0.738. The molecule has 2 aromatic carbocycles. The molecular formula is C24H25ClN2O5. The van der Waals surface area contributed by atoms with Gasteiger partial charge < -0.3 is 19.5 Å². The van der Waals surface area contributed by atoms with E-state index in [1.165, 1.54) is 0 Å². The van der Waals surface area contributed by atoms with Crippen LogP contribution < -0.4 is 14.8 Å². The van der Waals surface area contributed by atoms with Crippen molar-refractivity contribution in [3.63, 3.8) is 0 Å². The van der Waals surface area contributed by atoms with E-state index in [2.05, 4.69) is 5.32 Å². The van der Waals surface area contributed by atoms with Gasteiger partial charge >= 0.3 is 0 Å². The quantitative estimate of drug-likeness (QED) is 0.755. The van der Waals surface area contributed by atoms with E-state index in [1.54, 1.807) is 29.2 Å². The molecule has 2 fully saturated rings. The monoisotopic (exact) mass is 456 g/mol. The van der Waals surface area contributed by atoms with Crippen LogP contribution in [0, 0.1) is 0 Å². The molecule has 1 aliphatic carbocycles. The lowest BCUT2D eigenvalue weighted by Crippen LogP contribution is -2.56. The molecule has 5 rings (SSSR count). The Morgan fingerprint density at radius 1 is 1.06 bits per heavy atom. The number of rotatable bonds is 4. The Hall–Kier alpha value is -2.77. The fourth-order valence-corrected chi connectivity index (χ4v) is 4.98. The Kier molecular flexibility index (Phi) is 5.69. The number of nitrogens with one attached hydrogen (secondary N) is 1. The molecule has 0 aromatic heterocycles. The highest BCUT2D eigenvalue weighted by Gasteiger charge is 2.52. The van der Waals surface area contributed by atoms with Crippen LogP contribution in [0.1, 0.15) is 48.0 Å². The highest BCUT2D eigenvalue weighted by molar-refractivity contribution is 6.31. The summed E-state index contributed by atoms with van der Waals surface area (Å²) >= 11 is 6.13. The lowest BCUT2D eigenvalue weighted by molar-refractivity contribution is -0.127. The molecule has 2 heterocycles. The highest BCUT2D eigenvalue weighted by Crippen LogP contribution is 2.41. The predicted molar refractivity (Wildman–Crippen MR) is 118 cm³/mol. The topological polar surface area (TPSA) is 77.1 Å². The summed E-state index contributed by atoms with van der Waals surface area (Å²) in [5, 5.41) is 3.45. The van der Waals surface area contributed by atoms with E-state index in [0.717, 1.165) is 37.7 Å². The molecule has 8 heteroatoms. The molecule has 168 valence electrons. The number of hydrogen-bond acceptors (Lipinski definition) is 5. The van der Waals surface area contributed by atoms with Gasteiger partial charge in [-0.3, -0.25) is 14.5 Å². The summed E-state index contributed by atoms with van der Waals surface area (Å²) in [5.41, 5.74) is 0.612. The molecule has 1 atom stereocenters. The van der Waals surface area contributed by atoms with E-state index in [-0.39, 0.29) is 25.2 Å².